The van der Waals surface area contributed by atoms with Gasteiger partial charge in [-0.15, -0.1) is 11.3 Å². The van der Waals surface area contributed by atoms with Crippen LogP contribution in [0.5, 0.6) is 0 Å². The van der Waals surface area contributed by atoms with Crippen molar-refractivity contribution in [1.29, 1.82) is 0 Å². The van der Waals surface area contributed by atoms with Crippen LogP contribution in [0.15, 0.2) is 90.3 Å². The molecule has 0 atom stereocenters. The molecule has 0 aliphatic carbocycles. The zero-order chi connectivity index (χ0) is 30.0. The van der Waals surface area contributed by atoms with Gasteiger partial charge in [0.2, 0.25) is 0 Å². The van der Waals surface area contributed by atoms with Crippen LogP contribution < -0.4 is 10.2 Å². The maximum atomic E-state index is 13.8. The molecule has 0 unspecified atom stereocenters. The molecule has 2 fully saturated rings. The molecular formula is C35H41N5O3S. The summed E-state index contributed by atoms with van der Waals surface area (Å²) in [5, 5.41) is 5.74. The van der Waals surface area contributed by atoms with E-state index in [-0.39, 0.29) is 11.9 Å². The summed E-state index contributed by atoms with van der Waals surface area (Å²) in [6.07, 6.45) is 0.823. The van der Waals surface area contributed by atoms with Crippen molar-refractivity contribution >= 4 is 28.2 Å². The van der Waals surface area contributed by atoms with Crippen molar-refractivity contribution in [1.82, 2.24) is 14.8 Å². The van der Waals surface area contributed by atoms with Crippen molar-refractivity contribution in [2.24, 2.45) is 0 Å². The number of nitrogens with one attached hydrogen (secondary N) is 1. The molecule has 2 aliphatic rings. The maximum absolute atomic E-state index is 13.8. The normalized spacial score (nSPS) is 15.8. The van der Waals surface area contributed by atoms with Crippen molar-refractivity contribution < 1.29 is 14.3 Å². The lowest BCUT2D eigenvalue weighted by molar-refractivity contribution is 0.0351. The molecule has 230 valence electrons. The zero-order valence-corrected chi connectivity index (χ0v) is 26.0. The van der Waals surface area contributed by atoms with E-state index in [1.807, 2.05) is 10.3 Å². The number of thiazole rings is 1. The van der Waals surface area contributed by atoms with Crippen LogP contribution >= 0.6 is 11.3 Å². The van der Waals surface area contributed by atoms with Crippen LogP contribution in [-0.4, -0.2) is 93.1 Å². The summed E-state index contributed by atoms with van der Waals surface area (Å²) < 4.78 is 11.0. The van der Waals surface area contributed by atoms with Crippen LogP contribution in [0.4, 0.5) is 15.6 Å². The second-order valence-corrected chi connectivity index (χ2v) is 12.1. The van der Waals surface area contributed by atoms with Gasteiger partial charge in [-0.2, -0.15) is 0 Å². The Morgan fingerprint density at radius 1 is 0.818 bits per heavy atom. The number of hydrogen-bond acceptors (Lipinski definition) is 7. The van der Waals surface area contributed by atoms with E-state index in [1.54, 1.807) is 0 Å². The Balaban J connectivity index is 1.14. The maximum Gasteiger partial charge on any atom is 0.323 e. The summed E-state index contributed by atoms with van der Waals surface area (Å²) in [4.78, 5) is 25.2. The number of carbonyl (C=O) groups is 1. The predicted molar refractivity (Wildman–Crippen MR) is 178 cm³/mol. The Kier molecular flexibility index (Phi) is 10.5. The van der Waals surface area contributed by atoms with Crippen LogP contribution in [0.25, 0.3) is 11.3 Å². The molecule has 44 heavy (non-hydrogen) atoms. The molecule has 0 radical (unpaired) electrons. The third kappa shape index (κ3) is 8.04. The second-order valence-electron chi connectivity index (χ2n) is 11.2. The molecule has 0 bridgehead atoms. The van der Waals surface area contributed by atoms with Crippen molar-refractivity contribution in [2.75, 3.05) is 82.5 Å². The first-order valence-electron chi connectivity index (χ1n) is 15.6. The first-order chi connectivity index (χ1) is 21.7. The first kappa shape index (κ1) is 30.3. The van der Waals surface area contributed by atoms with Crippen LogP contribution in [0.2, 0.25) is 0 Å². The molecule has 1 N–H and O–H groups in total. The predicted octanol–water partition coefficient (Wildman–Crippen LogP) is 6.04. The largest absolute Gasteiger partial charge is 0.379 e. The van der Waals surface area contributed by atoms with Crippen molar-refractivity contribution in [2.45, 2.75) is 12.3 Å². The number of amides is 2. The highest BCUT2D eigenvalue weighted by Crippen LogP contribution is 2.30. The lowest BCUT2D eigenvalue weighted by atomic mass is 9.88. The molecule has 2 saturated heterocycles. The van der Waals surface area contributed by atoms with Crippen LogP contribution in [-0.2, 0) is 9.47 Å². The van der Waals surface area contributed by atoms with Crippen molar-refractivity contribution in [3.63, 3.8) is 0 Å². The molecular weight excluding hydrogens is 570 g/mol. The molecule has 3 aromatic carbocycles. The Labute approximate surface area is 264 Å². The van der Waals surface area contributed by atoms with E-state index >= 15 is 0 Å². The molecule has 2 amide bonds. The number of benzene rings is 3. The topological polar surface area (TPSA) is 70.2 Å². The minimum atomic E-state index is -0.110. The standard InChI is InChI=1S/C35H41N5O3S/c41-35(37-34-36-33(27-44-34)30-11-13-31(14-12-30)39-21-25-43-26-22-39)40(18-17-38-19-23-42-24-20-38)16-15-32(28-7-3-1-4-8-28)29-9-5-2-6-10-29/h1-14,27,32H,15-26H2,(H,36,37,41). The van der Waals surface area contributed by atoms with E-state index in [9.17, 15) is 4.79 Å². The number of rotatable bonds is 11. The highest BCUT2D eigenvalue weighted by Gasteiger charge is 2.22. The summed E-state index contributed by atoms with van der Waals surface area (Å²) in [7, 11) is 0. The molecule has 9 heteroatoms. The van der Waals surface area contributed by atoms with E-state index < -0.39 is 0 Å². The van der Waals surface area contributed by atoms with Gasteiger partial charge in [-0.05, 0) is 29.7 Å². The number of carbonyl (C=O) groups excluding carboxylic acids is 1. The van der Waals surface area contributed by atoms with Gasteiger partial charge in [-0.1, -0.05) is 72.8 Å². The smallest absolute Gasteiger partial charge is 0.323 e. The van der Waals surface area contributed by atoms with E-state index in [0.717, 1.165) is 76.8 Å². The van der Waals surface area contributed by atoms with Crippen molar-refractivity contribution in [3.05, 3.63) is 101 Å². The zero-order valence-electron chi connectivity index (χ0n) is 25.1. The Morgan fingerprint density at radius 3 is 2.07 bits per heavy atom. The first-order valence-corrected chi connectivity index (χ1v) is 16.5. The fraction of sp³-hybridized carbons (Fsp3) is 0.371. The van der Waals surface area contributed by atoms with Gasteiger partial charge in [0, 0.05) is 68.4 Å². The van der Waals surface area contributed by atoms with Gasteiger partial charge >= 0.3 is 6.03 Å². The average Bonchev–Trinajstić information content (AvgIpc) is 3.56. The summed E-state index contributed by atoms with van der Waals surface area (Å²) in [5.74, 6) is 0.197. The number of morpholine rings is 2. The molecule has 8 nitrogen and oxygen atoms in total. The van der Waals surface area contributed by atoms with Crippen LogP contribution in [0, 0.1) is 0 Å². The Hall–Kier alpha value is -3.76. The lowest BCUT2D eigenvalue weighted by Crippen LogP contribution is -2.44. The number of anilines is 2. The summed E-state index contributed by atoms with van der Waals surface area (Å²) in [6.45, 7) is 8.71. The number of hydrogen-bond donors (Lipinski definition) is 1. The van der Waals surface area contributed by atoms with Crippen LogP contribution in [0.3, 0.4) is 0 Å². The highest BCUT2D eigenvalue weighted by atomic mass is 32.1. The molecule has 0 spiro atoms. The fourth-order valence-electron chi connectivity index (χ4n) is 5.88. The van der Waals surface area contributed by atoms with Gasteiger partial charge in [0.15, 0.2) is 5.13 Å². The quantitative estimate of drug-likeness (QED) is 0.223. The summed E-state index contributed by atoms with van der Waals surface area (Å²) in [6, 6.07) is 29.6. The van der Waals surface area contributed by atoms with Gasteiger partial charge in [0.05, 0.1) is 32.1 Å². The van der Waals surface area contributed by atoms with E-state index in [2.05, 4.69) is 100 Å². The van der Waals surface area contributed by atoms with Gasteiger partial charge in [-0.3, -0.25) is 10.2 Å². The molecule has 0 saturated carbocycles. The number of urea groups is 1. The molecule has 4 aromatic rings. The van der Waals surface area contributed by atoms with Crippen molar-refractivity contribution in [3.8, 4) is 11.3 Å². The Morgan fingerprint density at radius 2 is 1.43 bits per heavy atom. The number of aromatic nitrogens is 1. The minimum Gasteiger partial charge on any atom is -0.379 e. The third-order valence-corrected chi connectivity index (χ3v) is 9.18. The summed E-state index contributed by atoms with van der Waals surface area (Å²) >= 11 is 1.46. The third-order valence-electron chi connectivity index (χ3n) is 8.43. The second kappa shape index (κ2) is 15.3. The van der Waals surface area contributed by atoms with Gasteiger partial charge in [-0.25, -0.2) is 9.78 Å². The van der Waals surface area contributed by atoms with E-state index in [4.69, 9.17) is 14.5 Å². The Bertz CT molecular complexity index is 1400. The summed E-state index contributed by atoms with van der Waals surface area (Å²) in [5.41, 5.74) is 5.62. The van der Waals surface area contributed by atoms with E-state index in [1.165, 1.54) is 28.2 Å². The SMILES string of the molecule is O=C(Nc1nc(-c2ccc(N3CCOCC3)cc2)cs1)N(CCC(c1ccccc1)c1ccccc1)CCN1CCOCC1. The average molecular weight is 612 g/mol. The monoisotopic (exact) mass is 611 g/mol. The van der Waals surface area contributed by atoms with Gasteiger partial charge < -0.3 is 19.3 Å². The molecule has 2 aliphatic heterocycles. The number of nitrogens with zero attached hydrogens (tertiary/aromatic N) is 4. The van der Waals surface area contributed by atoms with Crippen LogP contribution in [0.1, 0.15) is 23.5 Å². The van der Waals surface area contributed by atoms with E-state index in [0.29, 0.717) is 18.2 Å². The van der Waals surface area contributed by atoms with Gasteiger partial charge in [0.25, 0.3) is 0 Å². The number of ether oxygens (including phenoxy) is 2. The molecule has 3 heterocycles. The fourth-order valence-corrected chi connectivity index (χ4v) is 6.59. The van der Waals surface area contributed by atoms with Gasteiger partial charge in [0.1, 0.15) is 0 Å². The molecule has 1 aromatic heterocycles. The lowest BCUT2D eigenvalue weighted by Gasteiger charge is -2.31. The highest BCUT2D eigenvalue weighted by molar-refractivity contribution is 7.14. The minimum absolute atomic E-state index is 0.110. The molecule has 6 rings (SSSR count).